The maximum absolute atomic E-state index is 14.6. The fourth-order valence-corrected chi connectivity index (χ4v) is 4.58. The van der Waals surface area contributed by atoms with E-state index in [2.05, 4.69) is 25.8 Å². The summed E-state index contributed by atoms with van der Waals surface area (Å²) in [5.74, 6) is -0.552. The number of amides is 2. The molecule has 0 bridgehead atoms. The number of benzene rings is 3. The quantitative estimate of drug-likeness (QED) is 0.274. The molecule has 0 saturated carbocycles. The van der Waals surface area contributed by atoms with Gasteiger partial charge < -0.3 is 10.6 Å². The molecule has 0 atom stereocenters. The normalized spacial score (nSPS) is 11.4. The highest BCUT2D eigenvalue weighted by atomic mass is 32.2. The second kappa shape index (κ2) is 9.47. The van der Waals surface area contributed by atoms with Crippen molar-refractivity contribution in [3.8, 4) is 22.4 Å². The minimum Gasteiger partial charge on any atom is -0.308 e. The van der Waals surface area contributed by atoms with Crippen molar-refractivity contribution in [3.05, 3.63) is 90.4 Å². The first kappa shape index (κ1) is 24.1. The van der Waals surface area contributed by atoms with Crippen LogP contribution in [0.15, 0.2) is 83.9 Å². The number of nitrogens with zero attached hydrogens (tertiary/aromatic N) is 2. The van der Waals surface area contributed by atoms with E-state index in [9.17, 15) is 17.6 Å². The molecule has 0 saturated heterocycles. The number of halogens is 1. The van der Waals surface area contributed by atoms with E-state index in [1.54, 1.807) is 42.6 Å². The Labute approximate surface area is 212 Å². The van der Waals surface area contributed by atoms with Crippen LogP contribution in [0.1, 0.15) is 5.56 Å². The summed E-state index contributed by atoms with van der Waals surface area (Å²) in [5, 5.41) is 13.1. The third-order valence-corrected chi connectivity index (χ3v) is 6.86. The lowest BCUT2D eigenvalue weighted by molar-refractivity contribution is 0.262. The lowest BCUT2D eigenvalue weighted by Gasteiger charge is -2.10. The number of anilines is 2. The summed E-state index contributed by atoms with van der Waals surface area (Å²) >= 11 is 0. The number of fused-ring (bicyclic) bond motifs is 1. The Kier molecular flexibility index (Phi) is 6.18. The Hall–Kier alpha value is -4.57. The Balaban J connectivity index is 1.47. The fourth-order valence-electron chi connectivity index (χ4n) is 3.92. The van der Waals surface area contributed by atoms with Crippen LogP contribution in [-0.4, -0.2) is 35.9 Å². The van der Waals surface area contributed by atoms with Crippen LogP contribution in [0.3, 0.4) is 0 Å². The van der Waals surface area contributed by atoms with Crippen LogP contribution < -0.4 is 10.6 Å². The van der Waals surface area contributed by atoms with Crippen LogP contribution in [0.2, 0.25) is 0 Å². The number of aromatic amines is 1. The number of urea groups is 1. The van der Waals surface area contributed by atoms with Crippen LogP contribution in [-0.2, 0) is 9.84 Å². The van der Waals surface area contributed by atoms with Gasteiger partial charge in [-0.25, -0.2) is 22.6 Å². The number of hydrogen-bond donors (Lipinski definition) is 3. The Morgan fingerprint density at radius 2 is 1.65 bits per heavy atom. The lowest BCUT2D eigenvalue weighted by Crippen LogP contribution is -2.19. The summed E-state index contributed by atoms with van der Waals surface area (Å²) in [6.07, 6.45) is 2.76. The average molecular weight is 516 g/mol. The number of H-pyrrole nitrogens is 1. The van der Waals surface area contributed by atoms with E-state index in [-0.39, 0.29) is 10.6 Å². The van der Waals surface area contributed by atoms with Crippen molar-refractivity contribution in [1.82, 2.24) is 15.2 Å². The van der Waals surface area contributed by atoms with Crippen LogP contribution >= 0.6 is 0 Å². The van der Waals surface area contributed by atoms with Crippen LogP contribution in [0.4, 0.5) is 20.6 Å². The number of aromatic nitrogens is 3. The summed E-state index contributed by atoms with van der Waals surface area (Å²) < 4.78 is 38.5. The maximum Gasteiger partial charge on any atom is 0.323 e. The predicted molar refractivity (Wildman–Crippen MR) is 142 cm³/mol. The highest BCUT2D eigenvalue weighted by Crippen LogP contribution is 2.32. The number of aryl methyl sites for hydroxylation is 1. The van der Waals surface area contributed by atoms with E-state index in [1.165, 1.54) is 18.2 Å². The number of rotatable bonds is 5. The molecule has 0 spiro atoms. The van der Waals surface area contributed by atoms with Crippen molar-refractivity contribution in [2.24, 2.45) is 0 Å². The van der Waals surface area contributed by atoms with Crippen molar-refractivity contribution >= 4 is 38.3 Å². The average Bonchev–Trinajstić information content (AvgIpc) is 3.28. The van der Waals surface area contributed by atoms with Gasteiger partial charge in [0, 0.05) is 40.3 Å². The molecule has 2 aromatic heterocycles. The van der Waals surface area contributed by atoms with Crippen molar-refractivity contribution in [2.75, 3.05) is 16.9 Å². The van der Waals surface area contributed by atoms with Gasteiger partial charge in [-0.05, 0) is 61.0 Å². The van der Waals surface area contributed by atoms with Gasteiger partial charge in [0.25, 0.3) is 0 Å². The molecule has 2 amide bonds. The molecule has 0 fully saturated rings. The SMILES string of the molecule is Cc1ccc(NC(=O)Nc2cc(F)cc(-c3n[nH]c4ncc(-c5cccc(S(C)(=O)=O)c5)cc34)c2)cc1. The van der Waals surface area contributed by atoms with Crippen LogP contribution in [0.5, 0.6) is 0 Å². The van der Waals surface area contributed by atoms with Crippen molar-refractivity contribution in [2.45, 2.75) is 11.8 Å². The molecule has 3 N–H and O–H groups in total. The molecule has 37 heavy (non-hydrogen) atoms. The van der Waals surface area contributed by atoms with Gasteiger partial charge in [0.1, 0.15) is 11.5 Å². The topological polar surface area (TPSA) is 117 Å². The zero-order valence-corrected chi connectivity index (χ0v) is 20.7. The second-order valence-electron chi connectivity index (χ2n) is 8.67. The molecule has 3 aromatic carbocycles. The van der Waals surface area contributed by atoms with Gasteiger partial charge in [-0.1, -0.05) is 29.8 Å². The van der Waals surface area contributed by atoms with Crippen molar-refractivity contribution < 1.29 is 17.6 Å². The molecule has 2 heterocycles. The molecule has 5 aromatic rings. The second-order valence-corrected chi connectivity index (χ2v) is 10.7. The Morgan fingerprint density at radius 3 is 2.41 bits per heavy atom. The standard InChI is InChI=1S/C27H22FN5O3S/c1-16-6-8-21(9-7-16)30-27(34)31-22-11-18(10-20(28)14-22)25-24-13-19(15-29-26(24)33-32-25)17-4-3-5-23(12-17)37(2,35)36/h3-15H,1-2H3,(H,29,32,33)(H2,30,31,34). The number of carbonyl (C=O) groups is 1. The number of carbonyl (C=O) groups excluding carboxylic acids is 1. The van der Waals surface area contributed by atoms with Gasteiger partial charge in [0.15, 0.2) is 15.5 Å². The first-order valence-corrected chi connectivity index (χ1v) is 13.2. The van der Waals surface area contributed by atoms with E-state index in [0.717, 1.165) is 11.8 Å². The Morgan fingerprint density at radius 1 is 0.892 bits per heavy atom. The van der Waals surface area contributed by atoms with E-state index >= 15 is 0 Å². The largest absolute Gasteiger partial charge is 0.323 e. The van der Waals surface area contributed by atoms with Gasteiger partial charge in [-0.3, -0.25) is 5.10 Å². The molecule has 0 aliphatic heterocycles. The highest BCUT2D eigenvalue weighted by Gasteiger charge is 2.15. The van der Waals surface area contributed by atoms with Crippen LogP contribution in [0, 0.1) is 12.7 Å². The zero-order valence-electron chi connectivity index (χ0n) is 19.9. The van der Waals surface area contributed by atoms with Gasteiger partial charge >= 0.3 is 6.03 Å². The number of pyridine rings is 1. The third kappa shape index (κ3) is 5.34. The molecule has 5 rings (SSSR count). The summed E-state index contributed by atoms with van der Waals surface area (Å²) in [7, 11) is -3.38. The molecule has 0 aliphatic carbocycles. The van der Waals surface area contributed by atoms with Crippen molar-refractivity contribution in [1.29, 1.82) is 0 Å². The smallest absolute Gasteiger partial charge is 0.308 e. The van der Waals surface area contributed by atoms with E-state index in [4.69, 9.17) is 0 Å². The molecular weight excluding hydrogens is 493 g/mol. The zero-order chi connectivity index (χ0) is 26.2. The minimum atomic E-state index is -3.38. The molecule has 0 unspecified atom stereocenters. The molecular formula is C27H22FN5O3S. The summed E-state index contributed by atoms with van der Waals surface area (Å²) in [5.41, 5.74) is 4.61. The number of hydrogen-bond acceptors (Lipinski definition) is 5. The predicted octanol–water partition coefficient (Wildman–Crippen LogP) is 5.79. The number of sulfone groups is 1. The minimum absolute atomic E-state index is 0.197. The summed E-state index contributed by atoms with van der Waals surface area (Å²) in [6.45, 7) is 1.95. The van der Waals surface area contributed by atoms with E-state index < -0.39 is 21.7 Å². The molecule has 186 valence electrons. The molecule has 8 nitrogen and oxygen atoms in total. The Bertz CT molecular complexity index is 1750. The maximum atomic E-state index is 14.6. The first-order chi connectivity index (χ1) is 17.7. The van der Waals surface area contributed by atoms with Crippen molar-refractivity contribution in [3.63, 3.8) is 0 Å². The lowest BCUT2D eigenvalue weighted by atomic mass is 10.0. The third-order valence-electron chi connectivity index (χ3n) is 5.75. The fraction of sp³-hybridized carbons (Fsp3) is 0.0741. The van der Waals surface area contributed by atoms with E-state index in [0.29, 0.717) is 39.1 Å². The molecule has 10 heteroatoms. The van der Waals surface area contributed by atoms with Gasteiger partial charge in [-0.15, -0.1) is 0 Å². The molecule has 0 aliphatic rings. The monoisotopic (exact) mass is 515 g/mol. The first-order valence-electron chi connectivity index (χ1n) is 11.3. The van der Waals surface area contributed by atoms with Crippen LogP contribution in [0.25, 0.3) is 33.4 Å². The molecule has 0 radical (unpaired) electrons. The number of nitrogens with one attached hydrogen (secondary N) is 3. The highest BCUT2D eigenvalue weighted by molar-refractivity contribution is 7.90. The summed E-state index contributed by atoms with van der Waals surface area (Å²) in [4.78, 5) is 17.1. The van der Waals surface area contributed by atoms with Gasteiger partial charge in [0.2, 0.25) is 0 Å². The van der Waals surface area contributed by atoms with Gasteiger partial charge in [-0.2, -0.15) is 5.10 Å². The van der Waals surface area contributed by atoms with Gasteiger partial charge in [0.05, 0.1) is 4.90 Å². The summed E-state index contributed by atoms with van der Waals surface area (Å²) in [6, 6.07) is 19.3. The van der Waals surface area contributed by atoms with E-state index in [1.807, 2.05) is 25.1 Å².